The van der Waals surface area contributed by atoms with E-state index in [1.54, 1.807) is 25.3 Å². The fourth-order valence-corrected chi connectivity index (χ4v) is 3.73. The van der Waals surface area contributed by atoms with Crippen LogP contribution in [0.5, 0.6) is 5.75 Å². The second kappa shape index (κ2) is 9.36. The van der Waals surface area contributed by atoms with Crippen LogP contribution in [0.3, 0.4) is 0 Å². The molecule has 0 saturated heterocycles. The predicted molar refractivity (Wildman–Crippen MR) is 120 cm³/mol. The van der Waals surface area contributed by atoms with Crippen LogP contribution in [0.1, 0.15) is 36.5 Å². The summed E-state index contributed by atoms with van der Waals surface area (Å²) in [4.78, 5) is 16.4. The first-order valence-corrected chi connectivity index (χ1v) is 10.5. The maximum Gasteiger partial charge on any atom is 0.342 e. The Bertz CT molecular complexity index is 1090. The highest BCUT2D eigenvalue weighted by atomic mass is 35.5. The monoisotopic (exact) mass is 443 g/mol. The van der Waals surface area contributed by atoms with Crippen LogP contribution in [0, 0.1) is 6.92 Å². The fraction of sp³-hybridized carbons (Fsp3) is 0.227. The molecule has 0 unspecified atom stereocenters. The molecular formula is C22H22ClN3O3S. The zero-order valence-corrected chi connectivity index (χ0v) is 18.6. The van der Waals surface area contributed by atoms with Crippen molar-refractivity contribution >= 4 is 35.4 Å². The van der Waals surface area contributed by atoms with Gasteiger partial charge in [0.25, 0.3) is 0 Å². The number of hydrogen-bond acceptors (Lipinski definition) is 5. The molecule has 2 N–H and O–H groups in total. The van der Waals surface area contributed by atoms with E-state index in [1.165, 1.54) is 0 Å². The van der Waals surface area contributed by atoms with Gasteiger partial charge >= 0.3 is 5.97 Å². The molecule has 0 aliphatic rings. The van der Waals surface area contributed by atoms with Gasteiger partial charge in [0.2, 0.25) is 5.16 Å². The van der Waals surface area contributed by atoms with Gasteiger partial charge in [-0.15, -0.1) is 5.10 Å². The molecule has 3 aromatic rings. The van der Waals surface area contributed by atoms with Gasteiger partial charge in [0.15, 0.2) is 5.82 Å². The van der Waals surface area contributed by atoms with Crippen molar-refractivity contribution in [3.63, 3.8) is 0 Å². The number of aromatic amines is 1. The minimum absolute atomic E-state index is 0.125. The number of ether oxygens (including phenoxy) is 1. The van der Waals surface area contributed by atoms with Gasteiger partial charge in [0.05, 0.1) is 7.11 Å². The maximum absolute atomic E-state index is 11.9. The molecule has 0 spiro atoms. The van der Waals surface area contributed by atoms with Gasteiger partial charge in [-0.3, -0.25) is 5.10 Å². The van der Waals surface area contributed by atoms with Crippen molar-refractivity contribution in [3.05, 3.63) is 63.0 Å². The lowest BCUT2D eigenvalue weighted by atomic mass is 9.96. The van der Waals surface area contributed by atoms with Gasteiger partial charge in [-0.2, -0.15) is 0 Å². The summed E-state index contributed by atoms with van der Waals surface area (Å²) in [6.45, 7) is 6.06. The summed E-state index contributed by atoms with van der Waals surface area (Å²) in [7, 11) is 1.64. The molecular weight excluding hydrogens is 422 g/mol. The molecule has 30 heavy (non-hydrogen) atoms. The van der Waals surface area contributed by atoms with Gasteiger partial charge in [-0.05, 0) is 83.8 Å². The SMILES string of the molecule is COc1cc(C)c(/C=C(\Sc2n[nH]c(-c3ccc(Cl)cc3)n2)C(=O)O)cc1C(C)C. The number of hydrogen-bond donors (Lipinski definition) is 2. The third-order valence-electron chi connectivity index (χ3n) is 4.52. The molecule has 1 aromatic heterocycles. The molecule has 3 rings (SSSR count). The van der Waals surface area contributed by atoms with E-state index >= 15 is 0 Å². The summed E-state index contributed by atoms with van der Waals surface area (Å²) < 4.78 is 5.47. The Hall–Kier alpha value is -2.77. The number of nitrogens with one attached hydrogen (secondary N) is 1. The van der Waals surface area contributed by atoms with Gasteiger partial charge in [-0.1, -0.05) is 25.4 Å². The quantitative estimate of drug-likeness (QED) is 0.355. The standard InChI is InChI=1S/C22H22ClN3O3S/c1-12(2)17-10-15(13(3)9-18(17)29-4)11-19(21(27)28)30-22-24-20(25-26-22)14-5-7-16(23)8-6-14/h5-12H,1-4H3,(H,27,28)(H,24,25,26)/b19-11-. The Morgan fingerprint density at radius 1 is 1.27 bits per heavy atom. The Kier molecular flexibility index (Phi) is 6.84. The number of aromatic nitrogens is 3. The van der Waals surface area contributed by atoms with Crippen molar-refractivity contribution in [1.29, 1.82) is 0 Å². The zero-order valence-electron chi connectivity index (χ0n) is 17.1. The number of aliphatic carboxylic acids is 1. The molecule has 0 amide bonds. The number of carbonyl (C=O) groups is 1. The number of rotatable bonds is 7. The lowest BCUT2D eigenvalue weighted by Gasteiger charge is -2.15. The van der Waals surface area contributed by atoms with Crippen LogP contribution in [0.15, 0.2) is 46.5 Å². The van der Waals surface area contributed by atoms with E-state index in [0.717, 1.165) is 39.8 Å². The summed E-state index contributed by atoms with van der Waals surface area (Å²) in [5, 5.41) is 17.7. The first-order chi connectivity index (χ1) is 14.3. The molecule has 1 heterocycles. The third-order valence-corrected chi connectivity index (χ3v) is 5.65. The highest BCUT2D eigenvalue weighted by Crippen LogP contribution is 2.33. The summed E-state index contributed by atoms with van der Waals surface area (Å²) in [6, 6.07) is 11.1. The second-order valence-corrected chi connectivity index (χ2v) is 8.44. The lowest BCUT2D eigenvalue weighted by molar-refractivity contribution is -0.131. The Morgan fingerprint density at radius 3 is 2.57 bits per heavy atom. The van der Waals surface area contributed by atoms with E-state index in [1.807, 2.05) is 31.2 Å². The van der Waals surface area contributed by atoms with E-state index in [-0.39, 0.29) is 10.8 Å². The highest BCUT2D eigenvalue weighted by Gasteiger charge is 2.16. The van der Waals surface area contributed by atoms with Crippen molar-refractivity contribution < 1.29 is 14.6 Å². The number of aryl methyl sites for hydroxylation is 1. The van der Waals surface area contributed by atoms with Gasteiger partial charge in [0, 0.05) is 10.6 Å². The van der Waals surface area contributed by atoms with Crippen molar-refractivity contribution in [3.8, 4) is 17.1 Å². The number of halogens is 1. The molecule has 0 aliphatic heterocycles. The van der Waals surface area contributed by atoms with Gasteiger partial charge in [0.1, 0.15) is 10.7 Å². The minimum Gasteiger partial charge on any atom is -0.496 e. The minimum atomic E-state index is -1.04. The topological polar surface area (TPSA) is 88.1 Å². The molecule has 8 heteroatoms. The van der Waals surface area contributed by atoms with Crippen LogP contribution in [0.2, 0.25) is 5.02 Å². The number of methoxy groups -OCH3 is 1. The predicted octanol–water partition coefficient (Wildman–Crippen LogP) is 5.78. The molecule has 0 bridgehead atoms. The molecule has 0 saturated carbocycles. The first kappa shape index (κ1) is 21.9. The summed E-state index contributed by atoms with van der Waals surface area (Å²) in [6.07, 6.45) is 1.64. The summed E-state index contributed by atoms with van der Waals surface area (Å²) in [5.74, 6) is 0.537. The van der Waals surface area contributed by atoms with Gasteiger partial charge < -0.3 is 9.84 Å². The van der Waals surface area contributed by atoms with E-state index in [0.29, 0.717) is 16.0 Å². The summed E-state index contributed by atoms with van der Waals surface area (Å²) in [5.41, 5.74) is 3.57. The molecule has 0 aliphatic carbocycles. The number of H-pyrrole nitrogens is 1. The Morgan fingerprint density at radius 2 is 1.97 bits per heavy atom. The van der Waals surface area contributed by atoms with Crippen LogP contribution in [0.25, 0.3) is 17.5 Å². The van der Waals surface area contributed by atoms with Crippen LogP contribution in [-0.2, 0) is 4.79 Å². The first-order valence-electron chi connectivity index (χ1n) is 9.28. The molecule has 0 fully saturated rings. The molecule has 6 nitrogen and oxygen atoms in total. The smallest absolute Gasteiger partial charge is 0.342 e. The van der Waals surface area contributed by atoms with E-state index in [2.05, 4.69) is 29.0 Å². The molecule has 0 radical (unpaired) electrons. The Labute approximate surface area is 184 Å². The average Bonchev–Trinajstić information content (AvgIpc) is 3.17. The zero-order chi connectivity index (χ0) is 21.8. The van der Waals surface area contributed by atoms with Crippen molar-refractivity contribution in [2.75, 3.05) is 7.11 Å². The lowest BCUT2D eigenvalue weighted by Crippen LogP contribution is -2.00. The maximum atomic E-state index is 11.9. The van der Waals surface area contributed by atoms with Crippen molar-refractivity contribution in [2.24, 2.45) is 0 Å². The van der Waals surface area contributed by atoms with Crippen LogP contribution >= 0.6 is 23.4 Å². The molecule has 2 aromatic carbocycles. The normalized spacial score (nSPS) is 11.7. The van der Waals surface area contributed by atoms with Gasteiger partial charge in [-0.25, -0.2) is 9.78 Å². The third kappa shape index (κ3) is 5.04. The summed E-state index contributed by atoms with van der Waals surface area (Å²) >= 11 is 6.91. The van der Waals surface area contributed by atoms with E-state index in [4.69, 9.17) is 16.3 Å². The molecule has 156 valence electrons. The van der Waals surface area contributed by atoms with Crippen LogP contribution in [0.4, 0.5) is 0 Å². The number of carboxylic acids is 1. The van der Waals surface area contributed by atoms with Crippen LogP contribution < -0.4 is 4.74 Å². The number of benzene rings is 2. The molecule has 0 atom stereocenters. The number of carboxylic acid groups (broad SMARTS) is 1. The Balaban J connectivity index is 1.92. The van der Waals surface area contributed by atoms with E-state index in [9.17, 15) is 9.90 Å². The second-order valence-electron chi connectivity index (χ2n) is 6.99. The average molecular weight is 444 g/mol. The van der Waals surface area contributed by atoms with E-state index < -0.39 is 5.97 Å². The number of nitrogens with zero attached hydrogens (tertiary/aromatic N) is 2. The fourth-order valence-electron chi connectivity index (χ4n) is 2.90. The van der Waals surface area contributed by atoms with Crippen LogP contribution in [-0.4, -0.2) is 33.4 Å². The number of thioether (sulfide) groups is 1. The highest BCUT2D eigenvalue weighted by molar-refractivity contribution is 8.04. The van der Waals surface area contributed by atoms with Crippen molar-refractivity contribution in [1.82, 2.24) is 15.2 Å². The largest absolute Gasteiger partial charge is 0.496 e. The van der Waals surface area contributed by atoms with Crippen molar-refractivity contribution in [2.45, 2.75) is 31.8 Å².